The third-order valence-corrected chi connectivity index (χ3v) is 4.75. The van der Waals surface area contributed by atoms with Gasteiger partial charge in [-0.3, -0.25) is 9.69 Å². The lowest BCUT2D eigenvalue weighted by atomic mass is 10.0. The van der Waals surface area contributed by atoms with Crippen LogP contribution in [0.15, 0.2) is 0 Å². The topological polar surface area (TPSA) is 110 Å². The van der Waals surface area contributed by atoms with E-state index in [0.717, 1.165) is 6.26 Å². The van der Waals surface area contributed by atoms with E-state index in [4.69, 9.17) is 4.74 Å². The standard InChI is InChI=1S/C13H20N2O7S/c1-21-12(17)10-7-22-13(18)15(10)9-3-5-14(6-4-9)11(16)8-23(2,19)20/h9-10H,3-8H2,1-2H3/t10-/m0/s1. The molecule has 23 heavy (non-hydrogen) atoms. The molecule has 2 saturated heterocycles. The molecule has 0 radical (unpaired) electrons. The monoisotopic (exact) mass is 348 g/mol. The fourth-order valence-electron chi connectivity index (χ4n) is 2.86. The quantitative estimate of drug-likeness (QED) is 0.600. The van der Waals surface area contributed by atoms with E-state index in [-0.39, 0.29) is 12.6 Å². The highest BCUT2D eigenvalue weighted by Gasteiger charge is 2.44. The molecular formula is C13H20N2O7S. The largest absolute Gasteiger partial charge is 0.467 e. The van der Waals surface area contributed by atoms with Crippen molar-refractivity contribution in [1.82, 2.24) is 9.80 Å². The summed E-state index contributed by atoms with van der Waals surface area (Å²) in [6, 6.07) is -1.01. The lowest BCUT2D eigenvalue weighted by molar-refractivity contribution is -0.146. The molecule has 2 amide bonds. The Bertz CT molecular complexity index is 595. The van der Waals surface area contributed by atoms with Gasteiger partial charge in [-0.25, -0.2) is 18.0 Å². The molecule has 0 unspecified atom stereocenters. The van der Waals surface area contributed by atoms with E-state index in [1.165, 1.54) is 16.9 Å². The minimum absolute atomic E-state index is 0.0429. The summed E-state index contributed by atoms with van der Waals surface area (Å²) < 4.78 is 32.0. The summed E-state index contributed by atoms with van der Waals surface area (Å²) in [5, 5.41) is 0. The molecule has 9 nitrogen and oxygen atoms in total. The summed E-state index contributed by atoms with van der Waals surface area (Å²) in [6.07, 6.45) is 1.36. The molecule has 0 spiro atoms. The van der Waals surface area contributed by atoms with Crippen LogP contribution in [0.1, 0.15) is 12.8 Å². The van der Waals surface area contributed by atoms with Crippen LogP contribution in [0.5, 0.6) is 0 Å². The molecule has 0 aromatic carbocycles. The third-order valence-electron chi connectivity index (χ3n) is 3.98. The minimum Gasteiger partial charge on any atom is -0.467 e. The summed E-state index contributed by atoms with van der Waals surface area (Å²) >= 11 is 0. The van der Waals surface area contributed by atoms with Gasteiger partial charge in [-0.15, -0.1) is 0 Å². The second-order valence-electron chi connectivity index (χ2n) is 5.71. The van der Waals surface area contributed by atoms with Gasteiger partial charge < -0.3 is 14.4 Å². The van der Waals surface area contributed by atoms with E-state index in [1.807, 2.05) is 0 Å². The Morgan fingerprint density at radius 2 is 1.91 bits per heavy atom. The predicted octanol–water partition coefficient (Wildman–Crippen LogP) is -0.984. The second-order valence-corrected chi connectivity index (χ2v) is 7.85. The fourth-order valence-corrected chi connectivity index (χ4v) is 3.49. The Balaban J connectivity index is 1.97. The molecular weight excluding hydrogens is 328 g/mol. The maximum absolute atomic E-state index is 11.9. The van der Waals surface area contributed by atoms with Gasteiger partial charge in [0.05, 0.1) is 7.11 Å². The molecule has 0 aromatic rings. The maximum Gasteiger partial charge on any atom is 0.410 e. The SMILES string of the molecule is COC(=O)[C@@H]1COC(=O)N1C1CCN(C(=O)CS(C)(=O)=O)CC1. The van der Waals surface area contributed by atoms with Gasteiger partial charge in [0, 0.05) is 25.4 Å². The van der Waals surface area contributed by atoms with Crippen LogP contribution in [0, 0.1) is 0 Å². The summed E-state index contributed by atoms with van der Waals surface area (Å²) in [7, 11) is -2.13. The lowest BCUT2D eigenvalue weighted by Gasteiger charge is -2.37. The first-order valence-corrected chi connectivity index (χ1v) is 9.27. The normalized spacial score (nSPS) is 22.9. The van der Waals surface area contributed by atoms with E-state index < -0.39 is 39.6 Å². The first-order valence-electron chi connectivity index (χ1n) is 7.21. The Hall–Kier alpha value is -1.84. The number of piperidine rings is 1. The van der Waals surface area contributed by atoms with Crippen LogP contribution in [-0.2, 0) is 28.9 Å². The van der Waals surface area contributed by atoms with Crippen LogP contribution >= 0.6 is 0 Å². The van der Waals surface area contributed by atoms with E-state index in [9.17, 15) is 22.8 Å². The van der Waals surface area contributed by atoms with Crippen molar-refractivity contribution < 1.29 is 32.3 Å². The molecule has 2 heterocycles. The number of cyclic esters (lactones) is 1. The molecule has 10 heteroatoms. The number of ether oxygens (including phenoxy) is 2. The number of carbonyl (C=O) groups excluding carboxylic acids is 3. The van der Waals surface area contributed by atoms with E-state index in [1.54, 1.807) is 0 Å². The van der Waals surface area contributed by atoms with Crippen molar-refractivity contribution >= 4 is 27.8 Å². The number of amides is 2. The van der Waals surface area contributed by atoms with E-state index in [2.05, 4.69) is 4.74 Å². The predicted molar refractivity (Wildman–Crippen MR) is 78.3 cm³/mol. The lowest BCUT2D eigenvalue weighted by Crippen LogP contribution is -2.52. The van der Waals surface area contributed by atoms with Crippen LogP contribution < -0.4 is 0 Å². The molecule has 2 fully saturated rings. The van der Waals surface area contributed by atoms with Gasteiger partial charge in [0.15, 0.2) is 15.9 Å². The van der Waals surface area contributed by atoms with E-state index in [0.29, 0.717) is 25.9 Å². The molecule has 0 saturated carbocycles. The van der Waals surface area contributed by atoms with Gasteiger partial charge in [0.2, 0.25) is 5.91 Å². The number of methoxy groups -OCH3 is 1. The number of nitrogens with zero attached hydrogens (tertiary/aromatic N) is 2. The van der Waals surface area contributed by atoms with Crippen LogP contribution in [0.3, 0.4) is 0 Å². The first-order chi connectivity index (χ1) is 10.7. The maximum atomic E-state index is 11.9. The summed E-state index contributed by atoms with van der Waals surface area (Å²) in [6.45, 7) is 0.617. The zero-order valence-electron chi connectivity index (χ0n) is 13.1. The van der Waals surface area contributed by atoms with Gasteiger partial charge in [-0.2, -0.15) is 0 Å². The Morgan fingerprint density at radius 1 is 1.30 bits per heavy atom. The summed E-state index contributed by atoms with van der Waals surface area (Å²) in [5.74, 6) is -1.50. The molecule has 130 valence electrons. The number of carbonyl (C=O) groups is 3. The number of esters is 1. The Kier molecular flexibility index (Phi) is 5.12. The second kappa shape index (κ2) is 6.73. The minimum atomic E-state index is -3.37. The van der Waals surface area contributed by atoms with Crippen molar-refractivity contribution in [3.8, 4) is 0 Å². The van der Waals surface area contributed by atoms with Crippen molar-refractivity contribution in [1.29, 1.82) is 0 Å². The Morgan fingerprint density at radius 3 is 2.43 bits per heavy atom. The highest BCUT2D eigenvalue weighted by molar-refractivity contribution is 7.91. The van der Waals surface area contributed by atoms with Crippen molar-refractivity contribution in [3.05, 3.63) is 0 Å². The smallest absolute Gasteiger partial charge is 0.410 e. The van der Waals surface area contributed by atoms with Crippen molar-refractivity contribution in [3.63, 3.8) is 0 Å². The number of hydrogen-bond acceptors (Lipinski definition) is 7. The molecule has 0 aromatic heterocycles. The van der Waals surface area contributed by atoms with E-state index >= 15 is 0 Å². The highest BCUT2D eigenvalue weighted by atomic mass is 32.2. The average molecular weight is 348 g/mol. The first kappa shape index (κ1) is 17.5. The van der Waals surface area contributed by atoms with Gasteiger partial charge in [-0.05, 0) is 12.8 Å². The Labute approximate surface area is 134 Å². The van der Waals surface area contributed by atoms with Crippen LogP contribution in [0.4, 0.5) is 4.79 Å². The molecule has 2 rings (SSSR count). The van der Waals surface area contributed by atoms with Crippen LogP contribution in [-0.4, -0.2) is 87.1 Å². The van der Waals surface area contributed by atoms with Crippen molar-refractivity contribution in [2.45, 2.75) is 24.9 Å². The number of sulfone groups is 1. The number of rotatable bonds is 4. The van der Waals surface area contributed by atoms with Gasteiger partial charge >= 0.3 is 12.1 Å². The zero-order valence-corrected chi connectivity index (χ0v) is 13.9. The van der Waals surface area contributed by atoms with Crippen molar-refractivity contribution in [2.75, 3.05) is 38.8 Å². The molecule has 1 atom stereocenters. The molecule has 0 N–H and O–H groups in total. The van der Waals surface area contributed by atoms with Gasteiger partial charge in [0.25, 0.3) is 0 Å². The third kappa shape index (κ3) is 4.12. The number of likely N-dealkylation sites (tertiary alicyclic amines) is 1. The molecule has 0 aliphatic carbocycles. The summed E-state index contributed by atoms with van der Waals surface area (Å²) in [4.78, 5) is 38.3. The number of hydrogen-bond donors (Lipinski definition) is 0. The molecule has 2 aliphatic rings. The highest BCUT2D eigenvalue weighted by Crippen LogP contribution is 2.24. The summed E-state index contributed by atoms with van der Waals surface area (Å²) in [5.41, 5.74) is 0. The van der Waals surface area contributed by atoms with Crippen LogP contribution in [0.25, 0.3) is 0 Å². The van der Waals surface area contributed by atoms with Crippen molar-refractivity contribution in [2.24, 2.45) is 0 Å². The van der Waals surface area contributed by atoms with Gasteiger partial charge in [-0.1, -0.05) is 0 Å². The van der Waals surface area contributed by atoms with Crippen LogP contribution in [0.2, 0.25) is 0 Å². The molecule has 0 bridgehead atoms. The average Bonchev–Trinajstić information content (AvgIpc) is 2.86. The fraction of sp³-hybridized carbons (Fsp3) is 0.769. The zero-order chi connectivity index (χ0) is 17.2. The van der Waals surface area contributed by atoms with Gasteiger partial charge in [0.1, 0.15) is 12.4 Å². The molecule has 2 aliphatic heterocycles.